The lowest BCUT2D eigenvalue weighted by molar-refractivity contribution is -0.137. The summed E-state index contributed by atoms with van der Waals surface area (Å²) in [5, 5.41) is 10.3. The second-order valence-corrected chi connectivity index (χ2v) is 7.30. The molecule has 3 rings (SSSR count). The molecule has 1 aliphatic heterocycles. The fraction of sp³-hybridized carbons (Fsp3) is 0.455. The Hall–Kier alpha value is -2.25. The third-order valence-corrected chi connectivity index (χ3v) is 5.15. The van der Waals surface area contributed by atoms with E-state index in [0.717, 1.165) is 18.2 Å². The first-order valence-electron chi connectivity index (χ1n) is 9.89. The summed E-state index contributed by atoms with van der Waals surface area (Å²) in [6.07, 6.45) is -3.99. The molecule has 0 bridgehead atoms. The van der Waals surface area contributed by atoms with Gasteiger partial charge in [0.25, 0.3) is 0 Å². The van der Waals surface area contributed by atoms with Crippen molar-refractivity contribution in [2.24, 2.45) is 0 Å². The maximum Gasteiger partial charge on any atom is 0.416 e. The largest absolute Gasteiger partial charge is 0.491 e. The van der Waals surface area contributed by atoms with Crippen molar-refractivity contribution in [2.75, 3.05) is 44.2 Å². The van der Waals surface area contributed by atoms with Crippen LogP contribution in [0.25, 0.3) is 0 Å². The van der Waals surface area contributed by atoms with Crippen LogP contribution in [0.2, 0.25) is 0 Å². The molecule has 158 valence electrons. The monoisotopic (exact) mass is 408 g/mol. The predicted molar refractivity (Wildman–Crippen MR) is 107 cm³/mol. The van der Waals surface area contributed by atoms with Gasteiger partial charge in [-0.1, -0.05) is 25.1 Å². The highest BCUT2D eigenvalue weighted by atomic mass is 19.4. The number of β-amino-alcohol motifs (C(OH)–C–C–N with tert-alkyl or cyclic N) is 1. The first-order valence-corrected chi connectivity index (χ1v) is 9.89. The van der Waals surface area contributed by atoms with E-state index < -0.39 is 17.8 Å². The van der Waals surface area contributed by atoms with Crippen LogP contribution in [0, 0.1) is 0 Å². The third kappa shape index (κ3) is 6.11. The first kappa shape index (κ1) is 21.5. The van der Waals surface area contributed by atoms with Crippen molar-refractivity contribution in [2.45, 2.75) is 25.6 Å². The van der Waals surface area contributed by atoms with Crippen LogP contribution >= 0.6 is 0 Å². The Morgan fingerprint density at radius 2 is 1.72 bits per heavy atom. The molecule has 7 heteroatoms. The molecule has 0 saturated carbocycles. The summed E-state index contributed by atoms with van der Waals surface area (Å²) < 4.78 is 44.4. The van der Waals surface area contributed by atoms with Crippen molar-refractivity contribution < 1.29 is 23.0 Å². The van der Waals surface area contributed by atoms with Gasteiger partial charge in [0, 0.05) is 38.4 Å². The zero-order valence-electron chi connectivity index (χ0n) is 16.5. The third-order valence-electron chi connectivity index (χ3n) is 5.15. The van der Waals surface area contributed by atoms with Gasteiger partial charge >= 0.3 is 6.18 Å². The normalized spacial score (nSPS) is 16.7. The summed E-state index contributed by atoms with van der Waals surface area (Å²) >= 11 is 0. The molecule has 0 aromatic heterocycles. The SMILES string of the molecule is CCc1ccc(OC[C@@H](O)CN2CCN(c3cccc(C(F)(F)F)c3)CC2)cc1. The molecule has 1 aliphatic rings. The number of rotatable bonds is 7. The fourth-order valence-corrected chi connectivity index (χ4v) is 3.43. The Morgan fingerprint density at radius 3 is 2.34 bits per heavy atom. The van der Waals surface area contributed by atoms with E-state index in [9.17, 15) is 18.3 Å². The van der Waals surface area contributed by atoms with E-state index in [0.29, 0.717) is 38.4 Å². The molecule has 1 heterocycles. The molecule has 2 aromatic rings. The summed E-state index contributed by atoms with van der Waals surface area (Å²) in [4.78, 5) is 4.06. The molecule has 1 saturated heterocycles. The van der Waals surface area contributed by atoms with E-state index in [1.54, 1.807) is 6.07 Å². The number of aliphatic hydroxyl groups excluding tert-OH is 1. The van der Waals surface area contributed by atoms with Crippen LogP contribution in [-0.2, 0) is 12.6 Å². The molecular formula is C22H27F3N2O2. The number of alkyl halides is 3. The van der Waals surface area contributed by atoms with Gasteiger partial charge in [-0.15, -0.1) is 0 Å². The fourth-order valence-electron chi connectivity index (χ4n) is 3.43. The number of aryl methyl sites for hydroxylation is 1. The van der Waals surface area contributed by atoms with E-state index in [1.165, 1.54) is 17.7 Å². The van der Waals surface area contributed by atoms with Crippen molar-refractivity contribution in [3.8, 4) is 5.75 Å². The maximum atomic E-state index is 12.9. The van der Waals surface area contributed by atoms with Gasteiger partial charge < -0.3 is 14.7 Å². The van der Waals surface area contributed by atoms with Crippen LogP contribution in [0.5, 0.6) is 5.75 Å². The Morgan fingerprint density at radius 1 is 1.03 bits per heavy atom. The zero-order chi connectivity index (χ0) is 20.9. The minimum absolute atomic E-state index is 0.208. The Bertz CT molecular complexity index is 772. The highest BCUT2D eigenvalue weighted by molar-refractivity contribution is 5.49. The highest BCUT2D eigenvalue weighted by Gasteiger charge is 2.31. The second-order valence-electron chi connectivity index (χ2n) is 7.30. The first-order chi connectivity index (χ1) is 13.8. The summed E-state index contributed by atoms with van der Waals surface area (Å²) in [6.45, 7) is 5.37. The molecule has 0 aliphatic carbocycles. The van der Waals surface area contributed by atoms with Crippen LogP contribution in [0.4, 0.5) is 18.9 Å². The molecular weight excluding hydrogens is 381 g/mol. The number of benzene rings is 2. The lowest BCUT2D eigenvalue weighted by Crippen LogP contribution is -2.49. The predicted octanol–water partition coefficient (Wildman–Crippen LogP) is 3.83. The number of hydrogen-bond donors (Lipinski definition) is 1. The molecule has 2 aromatic carbocycles. The summed E-state index contributed by atoms with van der Waals surface area (Å²) in [5.41, 5.74) is 1.19. The van der Waals surface area contributed by atoms with Gasteiger partial charge in [-0.3, -0.25) is 4.90 Å². The van der Waals surface area contributed by atoms with E-state index >= 15 is 0 Å². The molecule has 1 atom stereocenters. The highest BCUT2D eigenvalue weighted by Crippen LogP contribution is 2.31. The van der Waals surface area contributed by atoms with E-state index in [4.69, 9.17) is 4.74 Å². The van der Waals surface area contributed by atoms with Gasteiger partial charge in [-0.05, 0) is 42.3 Å². The number of anilines is 1. The number of piperazine rings is 1. The van der Waals surface area contributed by atoms with Crippen molar-refractivity contribution in [1.29, 1.82) is 0 Å². The summed E-state index contributed by atoms with van der Waals surface area (Å²) in [5.74, 6) is 0.732. The number of halogens is 3. The summed E-state index contributed by atoms with van der Waals surface area (Å²) in [6, 6.07) is 13.3. The van der Waals surface area contributed by atoms with E-state index in [2.05, 4.69) is 11.8 Å². The van der Waals surface area contributed by atoms with Crippen LogP contribution in [-0.4, -0.2) is 55.4 Å². The summed E-state index contributed by atoms with van der Waals surface area (Å²) in [7, 11) is 0. The number of aliphatic hydroxyl groups is 1. The van der Waals surface area contributed by atoms with Gasteiger partial charge in [-0.2, -0.15) is 13.2 Å². The van der Waals surface area contributed by atoms with Crippen LogP contribution in [0.3, 0.4) is 0 Å². The molecule has 0 spiro atoms. The van der Waals surface area contributed by atoms with Crippen LogP contribution in [0.1, 0.15) is 18.1 Å². The van der Waals surface area contributed by atoms with Crippen molar-refractivity contribution >= 4 is 5.69 Å². The van der Waals surface area contributed by atoms with Crippen LogP contribution in [0.15, 0.2) is 48.5 Å². The Labute approximate surface area is 169 Å². The standard InChI is InChI=1S/C22H27F3N2O2/c1-2-17-6-8-21(9-7-17)29-16-20(28)15-26-10-12-27(13-11-26)19-5-3-4-18(14-19)22(23,24)25/h3-9,14,20,28H,2,10-13,15-16H2,1H3/t20-/m0/s1. The van der Waals surface area contributed by atoms with E-state index in [-0.39, 0.29) is 6.61 Å². The number of ether oxygens (including phenoxy) is 1. The van der Waals surface area contributed by atoms with Gasteiger partial charge in [-0.25, -0.2) is 0 Å². The molecule has 1 N–H and O–H groups in total. The zero-order valence-corrected chi connectivity index (χ0v) is 16.5. The van der Waals surface area contributed by atoms with Crippen molar-refractivity contribution in [1.82, 2.24) is 4.90 Å². The quantitative estimate of drug-likeness (QED) is 0.756. The number of hydrogen-bond acceptors (Lipinski definition) is 4. The van der Waals surface area contributed by atoms with Gasteiger partial charge in [0.15, 0.2) is 0 Å². The number of nitrogens with zero attached hydrogens (tertiary/aromatic N) is 2. The Balaban J connectivity index is 1.44. The average Bonchev–Trinajstić information content (AvgIpc) is 2.73. The molecule has 4 nitrogen and oxygen atoms in total. The van der Waals surface area contributed by atoms with Gasteiger partial charge in [0.1, 0.15) is 18.5 Å². The molecule has 1 fully saturated rings. The van der Waals surface area contributed by atoms with Gasteiger partial charge in [0.05, 0.1) is 5.56 Å². The lowest BCUT2D eigenvalue weighted by atomic mass is 10.1. The topological polar surface area (TPSA) is 35.9 Å². The van der Waals surface area contributed by atoms with Crippen molar-refractivity contribution in [3.05, 3.63) is 59.7 Å². The molecule has 0 radical (unpaired) electrons. The second kappa shape index (κ2) is 9.50. The van der Waals surface area contributed by atoms with Gasteiger partial charge in [0.2, 0.25) is 0 Å². The van der Waals surface area contributed by atoms with Crippen molar-refractivity contribution in [3.63, 3.8) is 0 Å². The Kier molecular flexibility index (Phi) is 7.03. The molecule has 0 amide bonds. The average molecular weight is 408 g/mol. The lowest BCUT2D eigenvalue weighted by Gasteiger charge is -2.37. The molecule has 0 unspecified atom stereocenters. The minimum atomic E-state index is -4.33. The van der Waals surface area contributed by atoms with Crippen LogP contribution < -0.4 is 9.64 Å². The molecule has 29 heavy (non-hydrogen) atoms. The minimum Gasteiger partial charge on any atom is -0.491 e. The smallest absolute Gasteiger partial charge is 0.416 e. The maximum absolute atomic E-state index is 12.9. The van der Waals surface area contributed by atoms with E-state index in [1.807, 2.05) is 29.2 Å².